The van der Waals surface area contributed by atoms with E-state index >= 15 is 0 Å². The zero-order chi connectivity index (χ0) is 22.4. The highest BCUT2D eigenvalue weighted by Gasteiger charge is 2.23. The summed E-state index contributed by atoms with van der Waals surface area (Å²) in [5.41, 5.74) is 11.9. The number of aromatic nitrogens is 4. The van der Waals surface area contributed by atoms with Crippen LogP contribution in [0.1, 0.15) is 37.1 Å². The standard InChI is InChI=1S/C24H26F2N6/c1-13-28-22-18(11-21(27)31-24(22)29-13)20-10-16-9-14(3-8-19(16)30-20)12-32(2)17-6-4-15(5-7-17)23(25)26/h3,8-11,17,30H,4-7,12H2,1-2H3,(H3,27,28,29,31). The second kappa shape index (κ2) is 8.02. The normalized spacial score (nSPS) is 17.0. The lowest BCUT2D eigenvalue weighted by atomic mass is 9.90. The van der Waals surface area contributed by atoms with Gasteiger partial charge in [0.15, 0.2) is 5.65 Å². The first-order valence-corrected chi connectivity index (χ1v) is 10.9. The number of pyridine rings is 1. The van der Waals surface area contributed by atoms with E-state index in [0.717, 1.165) is 52.9 Å². The molecule has 3 aromatic heterocycles. The van der Waals surface area contributed by atoms with Crippen LogP contribution in [-0.2, 0) is 6.54 Å². The molecule has 1 fully saturated rings. The van der Waals surface area contributed by atoms with Crippen molar-refractivity contribution in [2.24, 2.45) is 0 Å². The fraction of sp³-hybridized carbons (Fsp3) is 0.333. The number of anilines is 1. The third-order valence-corrected chi connectivity index (χ3v) is 6.46. The number of fused-ring (bicyclic) bond motifs is 2. The van der Waals surface area contributed by atoms with Gasteiger partial charge in [-0.2, -0.15) is 8.78 Å². The number of H-pyrrole nitrogens is 2. The Bertz CT molecular complexity index is 1320. The van der Waals surface area contributed by atoms with Crippen LogP contribution >= 0.6 is 0 Å². The number of imidazole rings is 1. The van der Waals surface area contributed by atoms with Crippen molar-refractivity contribution in [3.8, 4) is 11.3 Å². The lowest BCUT2D eigenvalue weighted by molar-refractivity contribution is 0.196. The molecule has 6 nitrogen and oxygen atoms in total. The maximum Gasteiger partial charge on any atom is 0.269 e. The number of nitrogen functional groups attached to an aromatic ring is 1. The number of hydrogen-bond acceptors (Lipinski definition) is 4. The van der Waals surface area contributed by atoms with Gasteiger partial charge >= 0.3 is 0 Å². The number of aromatic amines is 2. The number of benzene rings is 1. The Morgan fingerprint density at radius 1 is 1.12 bits per heavy atom. The van der Waals surface area contributed by atoms with E-state index in [1.54, 1.807) is 0 Å². The van der Waals surface area contributed by atoms with Gasteiger partial charge in [-0.3, -0.25) is 4.90 Å². The molecule has 0 atom stereocenters. The molecule has 5 rings (SSSR count). The minimum Gasteiger partial charge on any atom is -0.384 e. The summed E-state index contributed by atoms with van der Waals surface area (Å²) in [5, 5.41) is 1.11. The van der Waals surface area contributed by atoms with E-state index in [-0.39, 0.29) is 0 Å². The lowest BCUT2D eigenvalue weighted by Crippen LogP contribution is -2.33. The van der Waals surface area contributed by atoms with Gasteiger partial charge < -0.3 is 15.7 Å². The summed E-state index contributed by atoms with van der Waals surface area (Å²) in [6, 6.07) is 10.7. The van der Waals surface area contributed by atoms with Crippen molar-refractivity contribution in [1.29, 1.82) is 0 Å². The van der Waals surface area contributed by atoms with E-state index in [4.69, 9.17) is 5.73 Å². The van der Waals surface area contributed by atoms with E-state index < -0.39 is 6.08 Å². The molecular weight excluding hydrogens is 410 g/mol. The Balaban J connectivity index is 1.39. The SMILES string of the molecule is Cc1nc2nc(N)cc(-c3cc4cc(CN(C)C5CCC(=C(F)F)CC5)ccc4[nH]3)c2[nH]1. The minimum absolute atomic E-state index is 0.326. The average molecular weight is 437 g/mol. The zero-order valence-corrected chi connectivity index (χ0v) is 18.2. The number of nitrogens with zero attached hydrogens (tertiary/aromatic N) is 3. The molecule has 4 N–H and O–H groups in total. The van der Waals surface area contributed by atoms with Crippen LogP contribution in [0.25, 0.3) is 33.3 Å². The summed E-state index contributed by atoms with van der Waals surface area (Å²) in [7, 11) is 2.08. The molecule has 0 radical (unpaired) electrons. The Morgan fingerprint density at radius 2 is 1.91 bits per heavy atom. The molecule has 1 aliphatic carbocycles. The van der Waals surface area contributed by atoms with Gasteiger partial charge in [-0.1, -0.05) is 6.07 Å². The Hall–Kier alpha value is -3.26. The molecule has 32 heavy (non-hydrogen) atoms. The quantitative estimate of drug-likeness (QED) is 0.393. The third-order valence-electron chi connectivity index (χ3n) is 6.46. The van der Waals surface area contributed by atoms with Gasteiger partial charge in [0.05, 0.1) is 5.52 Å². The predicted molar refractivity (Wildman–Crippen MR) is 123 cm³/mol. The molecule has 0 saturated heterocycles. The monoisotopic (exact) mass is 436 g/mol. The molecule has 1 aromatic carbocycles. The fourth-order valence-electron chi connectivity index (χ4n) is 4.76. The van der Waals surface area contributed by atoms with Crippen LogP contribution in [0, 0.1) is 6.92 Å². The summed E-state index contributed by atoms with van der Waals surface area (Å²) in [5.74, 6) is 1.22. The lowest BCUT2D eigenvalue weighted by Gasteiger charge is -2.32. The molecule has 0 amide bonds. The molecule has 3 heterocycles. The van der Waals surface area contributed by atoms with Gasteiger partial charge in [0.2, 0.25) is 0 Å². The van der Waals surface area contributed by atoms with Gasteiger partial charge in [-0.25, -0.2) is 9.97 Å². The van der Waals surface area contributed by atoms with Crippen molar-refractivity contribution < 1.29 is 8.78 Å². The highest BCUT2D eigenvalue weighted by Crippen LogP contribution is 2.32. The number of halogens is 2. The van der Waals surface area contributed by atoms with Crippen LogP contribution in [0.2, 0.25) is 0 Å². The van der Waals surface area contributed by atoms with Crippen LogP contribution in [0.15, 0.2) is 42.0 Å². The maximum atomic E-state index is 12.8. The van der Waals surface area contributed by atoms with Crippen LogP contribution in [-0.4, -0.2) is 37.9 Å². The Labute approximate surface area is 184 Å². The summed E-state index contributed by atoms with van der Waals surface area (Å²) >= 11 is 0. The molecule has 4 aromatic rings. The summed E-state index contributed by atoms with van der Waals surface area (Å²) in [6.07, 6.45) is 1.06. The van der Waals surface area contributed by atoms with Gasteiger partial charge in [-0.15, -0.1) is 0 Å². The van der Waals surface area contributed by atoms with Crippen molar-refractivity contribution in [2.45, 2.75) is 45.2 Å². The van der Waals surface area contributed by atoms with Crippen LogP contribution < -0.4 is 5.73 Å². The van der Waals surface area contributed by atoms with Gasteiger partial charge in [-0.05, 0) is 75.1 Å². The van der Waals surface area contributed by atoms with E-state index in [2.05, 4.69) is 56.1 Å². The van der Waals surface area contributed by atoms with Gasteiger partial charge in [0.25, 0.3) is 6.08 Å². The highest BCUT2D eigenvalue weighted by atomic mass is 19.3. The van der Waals surface area contributed by atoms with Crippen molar-refractivity contribution in [2.75, 3.05) is 12.8 Å². The Kier molecular flexibility index (Phi) is 5.17. The molecule has 1 aliphatic rings. The second-order valence-electron chi connectivity index (χ2n) is 8.73. The minimum atomic E-state index is -1.49. The maximum absolute atomic E-state index is 12.8. The Morgan fingerprint density at radius 3 is 2.66 bits per heavy atom. The summed E-state index contributed by atoms with van der Waals surface area (Å²) in [4.78, 5) is 17.8. The van der Waals surface area contributed by atoms with Crippen LogP contribution in [0.3, 0.4) is 0 Å². The molecule has 0 unspecified atom stereocenters. The first-order valence-electron chi connectivity index (χ1n) is 10.9. The fourth-order valence-corrected chi connectivity index (χ4v) is 4.76. The first-order chi connectivity index (χ1) is 15.4. The average Bonchev–Trinajstić information content (AvgIpc) is 3.35. The van der Waals surface area contributed by atoms with E-state index in [1.807, 2.05) is 13.0 Å². The van der Waals surface area contributed by atoms with Gasteiger partial charge in [0, 0.05) is 34.7 Å². The summed E-state index contributed by atoms with van der Waals surface area (Å²) in [6.45, 7) is 2.68. The molecule has 166 valence electrons. The number of rotatable bonds is 4. The van der Waals surface area contributed by atoms with Gasteiger partial charge in [0.1, 0.15) is 11.6 Å². The third kappa shape index (κ3) is 3.86. The number of aryl methyl sites for hydroxylation is 1. The highest BCUT2D eigenvalue weighted by molar-refractivity contribution is 5.95. The van der Waals surface area contributed by atoms with Crippen LogP contribution in [0.5, 0.6) is 0 Å². The van der Waals surface area contributed by atoms with E-state index in [9.17, 15) is 8.78 Å². The second-order valence-corrected chi connectivity index (χ2v) is 8.73. The number of allylic oxidation sites excluding steroid dienone is 1. The zero-order valence-electron chi connectivity index (χ0n) is 18.2. The van der Waals surface area contributed by atoms with Crippen molar-refractivity contribution >= 4 is 27.9 Å². The molecule has 0 spiro atoms. The van der Waals surface area contributed by atoms with Crippen molar-refractivity contribution in [3.05, 3.63) is 53.4 Å². The molecule has 8 heteroatoms. The molecule has 0 bridgehead atoms. The summed E-state index contributed by atoms with van der Waals surface area (Å²) < 4.78 is 25.7. The molecular formula is C24H26F2N6. The number of nitrogens with two attached hydrogens (primary N) is 1. The van der Waals surface area contributed by atoms with Crippen molar-refractivity contribution in [1.82, 2.24) is 24.8 Å². The van der Waals surface area contributed by atoms with E-state index in [1.165, 1.54) is 5.56 Å². The molecule has 0 aliphatic heterocycles. The van der Waals surface area contributed by atoms with Crippen LogP contribution in [0.4, 0.5) is 14.6 Å². The number of hydrogen-bond donors (Lipinski definition) is 3. The largest absolute Gasteiger partial charge is 0.384 e. The molecule has 1 saturated carbocycles. The predicted octanol–water partition coefficient (Wildman–Crippen LogP) is 5.52. The van der Waals surface area contributed by atoms with E-state index in [0.29, 0.717) is 35.9 Å². The topological polar surface area (TPSA) is 86.6 Å². The smallest absolute Gasteiger partial charge is 0.269 e. The first kappa shape index (κ1) is 20.6. The number of nitrogens with one attached hydrogen (secondary N) is 2. The van der Waals surface area contributed by atoms with Crippen molar-refractivity contribution in [3.63, 3.8) is 0 Å².